The molecule has 1 rings (SSSR count). The van der Waals surface area contributed by atoms with E-state index in [0.717, 1.165) is 16.5 Å². The van der Waals surface area contributed by atoms with Gasteiger partial charge in [-0.2, -0.15) is 0 Å². The lowest BCUT2D eigenvalue weighted by atomic mass is 10.2. The fourth-order valence-electron chi connectivity index (χ4n) is 2.65. The summed E-state index contributed by atoms with van der Waals surface area (Å²) in [6, 6.07) is 7.39. The molecule has 1 N–H and O–H groups in total. The Hall–Kier alpha value is -2.19. The lowest BCUT2D eigenvalue weighted by molar-refractivity contribution is -0.153. The molecule has 0 bridgehead atoms. The molecule has 8 heteroatoms. The molecule has 7 nitrogen and oxygen atoms in total. The van der Waals surface area contributed by atoms with E-state index >= 15 is 0 Å². The monoisotopic (exact) mass is 410 g/mol. The van der Waals surface area contributed by atoms with E-state index < -0.39 is 16.0 Å². The number of benzene rings is 1. The maximum atomic E-state index is 12.1. The SMILES string of the molecule is Cc1ccc(/C=C/S(=O)(=O)NCCC(=O)OCC(=O)N(C(C)C)C(C)C)cc1. The molecule has 156 valence electrons. The first kappa shape index (κ1) is 23.8. The number of nitrogens with zero attached hydrogens (tertiary/aromatic N) is 1. The molecule has 0 aliphatic rings. The quantitative estimate of drug-likeness (QED) is 0.598. The van der Waals surface area contributed by atoms with Crippen LogP contribution in [-0.2, 0) is 24.3 Å². The van der Waals surface area contributed by atoms with Gasteiger partial charge in [0.15, 0.2) is 6.61 Å². The summed E-state index contributed by atoms with van der Waals surface area (Å²) in [4.78, 5) is 25.5. The lowest BCUT2D eigenvalue weighted by Gasteiger charge is -2.30. The molecule has 0 unspecified atom stereocenters. The van der Waals surface area contributed by atoms with Crippen molar-refractivity contribution in [3.63, 3.8) is 0 Å². The van der Waals surface area contributed by atoms with E-state index in [9.17, 15) is 18.0 Å². The van der Waals surface area contributed by atoms with Crippen LogP contribution < -0.4 is 4.72 Å². The number of rotatable bonds is 10. The molecule has 0 spiro atoms. The van der Waals surface area contributed by atoms with Gasteiger partial charge in [-0.05, 0) is 46.3 Å². The predicted molar refractivity (Wildman–Crippen MR) is 110 cm³/mol. The Balaban J connectivity index is 2.42. The van der Waals surface area contributed by atoms with Gasteiger partial charge in [-0.3, -0.25) is 9.59 Å². The second-order valence-corrected chi connectivity index (χ2v) is 8.70. The minimum atomic E-state index is -3.67. The van der Waals surface area contributed by atoms with Gasteiger partial charge >= 0.3 is 5.97 Å². The van der Waals surface area contributed by atoms with Gasteiger partial charge in [0.05, 0.1) is 6.42 Å². The number of sulfonamides is 1. The number of aryl methyl sites for hydroxylation is 1. The number of carbonyl (C=O) groups excluding carboxylic acids is 2. The van der Waals surface area contributed by atoms with Crippen LogP contribution in [0.4, 0.5) is 0 Å². The van der Waals surface area contributed by atoms with Crippen LogP contribution in [0, 0.1) is 6.92 Å². The molecule has 1 aromatic rings. The number of amides is 1. The zero-order valence-corrected chi connectivity index (χ0v) is 18.0. The highest BCUT2D eigenvalue weighted by atomic mass is 32.2. The minimum Gasteiger partial charge on any atom is -0.456 e. The number of ether oxygens (including phenoxy) is 1. The van der Waals surface area contributed by atoms with Gasteiger partial charge in [0, 0.05) is 24.0 Å². The van der Waals surface area contributed by atoms with Crippen molar-refractivity contribution >= 4 is 28.0 Å². The van der Waals surface area contributed by atoms with Crippen molar-refractivity contribution in [3.05, 3.63) is 40.8 Å². The van der Waals surface area contributed by atoms with Crippen molar-refractivity contribution in [1.29, 1.82) is 0 Å². The van der Waals surface area contributed by atoms with Crippen LogP contribution >= 0.6 is 0 Å². The van der Waals surface area contributed by atoms with Gasteiger partial charge in [-0.15, -0.1) is 0 Å². The molecule has 28 heavy (non-hydrogen) atoms. The van der Waals surface area contributed by atoms with Gasteiger partial charge in [0.2, 0.25) is 10.0 Å². The molecule has 0 aliphatic carbocycles. The van der Waals surface area contributed by atoms with Crippen LogP contribution in [0.2, 0.25) is 0 Å². The molecular formula is C20H30N2O5S. The third-order valence-corrected chi connectivity index (χ3v) is 5.01. The van der Waals surface area contributed by atoms with E-state index in [2.05, 4.69) is 4.72 Å². The molecule has 0 saturated carbocycles. The fraction of sp³-hybridized carbons (Fsp3) is 0.500. The van der Waals surface area contributed by atoms with Crippen molar-refractivity contribution in [2.75, 3.05) is 13.2 Å². The molecular weight excluding hydrogens is 380 g/mol. The number of esters is 1. The van der Waals surface area contributed by atoms with Gasteiger partial charge in [-0.25, -0.2) is 13.1 Å². The normalized spacial score (nSPS) is 12.0. The Morgan fingerprint density at radius 3 is 2.21 bits per heavy atom. The predicted octanol–water partition coefficient (Wildman–Crippen LogP) is 2.46. The van der Waals surface area contributed by atoms with E-state index in [1.165, 1.54) is 6.08 Å². The first-order valence-electron chi connectivity index (χ1n) is 9.23. The number of nitrogens with one attached hydrogen (secondary N) is 1. The van der Waals surface area contributed by atoms with Crippen LogP contribution in [0.1, 0.15) is 45.2 Å². The standard InChI is InChI=1S/C20H30N2O5S/c1-15(2)22(16(3)4)19(23)14-27-20(24)10-12-21-28(25,26)13-11-18-8-6-17(5)7-9-18/h6-9,11,13,15-16,21H,10,12,14H2,1-5H3/b13-11+. The Kier molecular flexibility index (Phi) is 9.34. The van der Waals surface area contributed by atoms with E-state index in [1.54, 1.807) is 4.90 Å². The van der Waals surface area contributed by atoms with Crippen molar-refractivity contribution in [2.45, 2.75) is 53.1 Å². The number of carbonyl (C=O) groups is 2. The summed E-state index contributed by atoms with van der Waals surface area (Å²) in [5, 5.41) is 1.05. The zero-order chi connectivity index (χ0) is 21.3. The third-order valence-electron chi connectivity index (χ3n) is 3.91. The van der Waals surface area contributed by atoms with Crippen LogP contribution in [0.5, 0.6) is 0 Å². The van der Waals surface area contributed by atoms with Gasteiger partial charge < -0.3 is 9.64 Å². The molecule has 0 aromatic heterocycles. The van der Waals surface area contributed by atoms with Gasteiger partial charge in [0.1, 0.15) is 0 Å². The zero-order valence-electron chi connectivity index (χ0n) is 17.1. The summed E-state index contributed by atoms with van der Waals surface area (Å²) in [6.45, 7) is 9.04. The molecule has 1 aromatic carbocycles. The minimum absolute atomic E-state index is 0.00155. The van der Waals surface area contributed by atoms with E-state index in [4.69, 9.17) is 4.74 Å². The maximum Gasteiger partial charge on any atom is 0.307 e. The van der Waals surface area contributed by atoms with Crippen LogP contribution in [0.15, 0.2) is 29.7 Å². The highest BCUT2D eigenvalue weighted by Crippen LogP contribution is 2.07. The van der Waals surface area contributed by atoms with E-state index in [1.807, 2.05) is 58.9 Å². The van der Waals surface area contributed by atoms with Gasteiger partial charge in [-0.1, -0.05) is 29.8 Å². The topological polar surface area (TPSA) is 92.8 Å². The maximum absolute atomic E-state index is 12.1. The Bertz CT molecular complexity index is 775. The van der Waals surface area contributed by atoms with Crippen LogP contribution in [-0.4, -0.2) is 50.4 Å². The van der Waals surface area contributed by atoms with Crippen molar-refractivity contribution in [1.82, 2.24) is 9.62 Å². The second kappa shape index (κ2) is 11.0. The summed E-state index contributed by atoms with van der Waals surface area (Å²) in [6.07, 6.45) is 1.32. The molecule has 0 saturated heterocycles. The number of hydrogen-bond acceptors (Lipinski definition) is 5. The Morgan fingerprint density at radius 2 is 1.68 bits per heavy atom. The highest BCUT2D eigenvalue weighted by molar-refractivity contribution is 7.92. The summed E-state index contributed by atoms with van der Waals surface area (Å²) < 4.78 is 31.2. The van der Waals surface area contributed by atoms with E-state index in [-0.39, 0.29) is 37.6 Å². The lowest BCUT2D eigenvalue weighted by Crippen LogP contribution is -2.44. The summed E-state index contributed by atoms with van der Waals surface area (Å²) >= 11 is 0. The fourth-order valence-corrected chi connectivity index (χ4v) is 3.47. The first-order valence-corrected chi connectivity index (χ1v) is 10.8. The largest absolute Gasteiger partial charge is 0.456 e. The first-order chi connectivity index (χ1) is 13.0. The average molecular weight is 411 g/mol. The van der Waals surface area contributed by atoms with Crippen LogP contribution in [0.3, 0.4) is 0 Å². The average Bonchev–Trinajstić information content (AvgIpc) is 2.59. The summed E-state index contributed by atoms with van der Waals surface area (Å²) in [5.41, 5.74) is 1.84. The Morgan fingerprint density at radius 1 is 1.11 bits per heavy atom. The molecule has 0 atom stereocenters. The smallest absolute Gasteiger partial charge is 0.307 e. The van der Waals surface area contributed by atoms with Crippen molar-refractivity contribution in [2.24, 2.45) is 0 Å². The molecule has 0 heterocycles. The second-order valence-electron chi connectivity index (χ2n) is 7.05. The van der Waals surface area contributed by atoms with Crippen LogP contribution in [0.25, 0.3) is 6.08 Å². The molecule has 0 aliphatic heterocycles. The summed E-state index contributed by atoms with van der Waals surface area (Å²) in [7, 11) is -3.67. The number of hydrogen-bond donors (Lipinski definition) is 1. The molecule has 0 radical (unpaired) electrons. The molecule has 0 fully saturated rings. The van der Waals surface area contributed by atoms with E-state index in [0.29, 0.717) is 0 Å². The van der Waals surface area contributed by atoms with Crippen molar-refractivity contribution in [3.8, 4) is 0 Å². The van der Waals surface area contributed by atoms with Gasteiger partial charge in [0.25, 0.3) is 5.91 Å². The third kappa shape index (κ3) is 8.67. The summed E-state index contributed by atoms with van der Waals surface area (Å²) in [5.74, 6) is -0.911. The highest BCUT2D eigenvalue weighted by Gasteiger charge is 2.21. The van der Waals surface area contributed by atoms with Crippen molar-refractivity contribution < 1.29 is 22.7 Å². The Labute approximate surface area is 167 Å². The molecule has 1 amide bonds.